The van der Waals surface area contributed by atoms with Crippen molar-refractivity contribution in [3.63, 3.8) is 0 Å². The number of fused-ring (bicyclic) bond motifs is 1. The van der Waals surface area contributed by atoms with Crippen molar-refractivity contribution in [3.05, 3.63) is 81.9 Å². The molecule has 1 atom stereocenters. The summed E-state index contributed by atoms with van der Waals surface area (Å²) in [5.74, 6) is 2.06. The Kier molecular flexibility index (Phi) is 5.81. The normalized spacial score (nSPS) is 14.3. The first-order valence-electron chi connectivity index (χ1n) is 11.2. The Hall–Kier alpha value is -3.32. The van der Waals surface area contributed by atoms with Crippen LogP contribution >= 0.6 is 11.3 Å². The number of hydrogen-bond donors (Lipinski definition) is 1. The van der Waals surface area contributed by atoms with Gasteiger partial charge in [0.25, 0.3) is 5.91 Å². The second kappa shape index (κ2) is 8.90. The third-order valence-corrected chi connectivity index (χ3v) is 7.14. The zero-order valence-electron chi connectivity index (χ0n) is 19.0. The van der Waals surface area contributed by atoms with Crippen LogP contribution in [0.5, 0.6) is 5.75 Å². The van der Waals surface area contributed by atoms with Crippen LogP contribution in [-0.2, 0) is 6.61 Å². The fourth-order valence-electron chi connectivity index (χ4n) is 3.96. The van der Waals surface area contributed by atoms with Crippen LogP contribution in [0.3, 0.4) is 0 Å². The van der Waals surface area contributed by atoms with Gasteiger partial charge in [-0.1, -0.05) is 18.2 Å². The molecule has 0 radical (unpaired) electrons. The number of nitrogens with one attached hydrogen (secondary N) is 1. The zero-order valence-corrected chi connectivity index (χ0v) is 19.8. The molecule has 0 spiro atoms. The van der Waals surface area contributed by atoms with Gasteiger partial charge in [0.15, 0.2) is 0 Å². The van der Waals surface area contributed by atoms with Crippen molar-refractivity contribution in [2.24, 2.45) is 0 Å². The van der Waals surface area contributed by atoms with Crippen molar-refractivity contribution in [2.75, 3.05) is 0 Å². The lowest BCUT2D eigenvalue weighted by atomic mass is 10.1. The number of aryl methyl sites for hydroxylation is 2. The quantitative estimate of drug-likeness (QED) is 0.387. The zero-order chi connectivity index (χ0) is 22.9. The van der Waals surface area contributed by atoms with E-state index in [0.717, 1.165) is 57.1 Å². The number of amides is 1. The largest absolute Gasteiger partial charge is 0.487 e. The summed E-state index contributed by atoms with van der Waals surface area (Å²) < 4.78 is 5.89. The van der Waals surface area contributed by atoms with Crippen LogP contribution in [0.15, 0.2) is 48.7 Å². The molecule has 33 heavy (non-hydrogen) atoms. The minimum absolute atomic E-state index is 0.0878. The van der Waals surface area contributed by atoms with Gasteiger partial charge in [0, 0.05) is 17.5 Å². The molecule has 1 aromatic carbocycles. The Morgan fingerprint density at radius 2 is 2.03 bits per heavy atom. The van der Waals surface area contributed by atoms with E-state index >= 15 is 0 Å². The predicted octanol–water partition coefficient (Wildman–Crippen LogP) is 5.65. The molecular formula is C26H26N4O2S. The van der Waals surface area contributed by atoms with Gasteiger partial charge in [0.2, 0.25) is 0 Å². The lowest BCUT2D eigenvalue weighted by molar-refractivity contribution is 0.0943. The number of thiophene rings is 1. The lowest BCUT2D eigenvalue weighted by Gasteiger charge is -2.15. The average Bonchev–Trinajstić information content (AvgIpc) is 3.62. The third kappa shape index (κ3) is 4.59. The molecule has 1 aliphatic carbocycles. The van der Waals surface area contributed by atoms with Gasteiger partial charge in [-0.2, -0.15) is 0 Å². The summed E-state index contributed by atoms with van der Waals surface area (Å²) in [6.45, 7) is 6.37. The molecular weight excluding hydrogens is 432 g/mol. The Morgan fingerprint density at radius 3 is 2.79 bits per heavy atom. The van der Waals surface area contributed by atoms with Gasteiger partial charge in [0.1, 0.15) is 23.0 Å². The van der Waals surface area contributed by atoms with E-state index in [9.17, 15) is 4.79 Å². The number of ether oxygens (including phenoxy) is 1. The topological polar surface area (TPSA) is 77.0 Å². The molecule has 1 saturated carbocycles. The monoisotopic (exact) mass is 458 g/mol. The summed E-state index contributed by atoms with van der Waals surface area (Å²) in [5, 5.41) is 4.15. The van der Waals surface area contributed by atoms with Crippen molar-refractivity contribution in [1.29, 1.82) is 0 Å². The van der Waals surface area contributed by atoms with Crippen molar-refractivity contribution < 1.29 is 9.53 Å². The van der Waals surface area contributed by atoms with Gasteiger partial charge in [-0.3, -0.25) is 9.78 Å². The Morgan fingerprint density at radius 1 is 1.18 bits per heavy atom. The molecule has 3 heterocycles. The van der Waals surface area contributed by atoms with Crippen LogP contribution in [0.4, 0.5) is 0 Å². The number of carbonyl (C=O) groups is 1. The van der Waals surface area contributed by atoms with E-state index in [1.165, 1.54) is 11.3 Å². The average molecular weight is 459 g/mol. The standard InChI is InChI=1S/C26H26N4O2S/c1-15-22-17(3)28-24(18-10-11-18)30-26(22)33-23(15)25(31)29-16(2)19-7-6-9-21(13-19)32-14-20-8-4-5-12-27-20/h4-9,12-13,16,18H,10-11,14H2,1-3H3,(H,29,31). The maximum absolute atomic E-state index is 13.2. The van der Waals surface area contributed by atoms with E-state index in [-0.39, 0.29) is 11.9 Å². The molecule has 5 rings (SSSR count). The maximum Gasteiger partial charge on any atom is 0.262 e. The van der Waals surface area contributed by atoms with Gasteiger partial charge < -0.3 is 10.1 Å². The van der Waals surface area contributed by atoms with Gasteiger partial charge in [0.05, 0.1) is 22.3 Å². The van der Waals surface area contributed by atoms with E-state index < -0.39 is 0 Å². The highest BCUT2D eigenvalue weighted by Gasteiger charge is 2.28. The lowest BCUT2D eigenvalue weighted by Crippen LogP contribution is -2.26. The van der Waals surface area contributed by atoms with Crippen molar-refractivity contribution in [3.8, 4) is 5.75 Å². The number of aromatic nitrogens is 3. The Bertz CT molecular complexity index is 1310. The summed E-state index contributed by atoms with van der Waals surface area (Å²) in [6.07, 6.45) is 4.07. The predicted molar refractivity (Wildman–Crippen MR) is 130 cm³/mol. The van der Waals surface area contributed by atoms with Gasteiger partial charge in [-0.25, -0.2) is 9.97 Å². The fourth-order valence-corrected chi connectivity index (χ4v) is 5.10. The van der Waals surface area contributed by atoms with Crippen LogP contribution < -0.4 is 10.1 Å². The summed E-state index contributed by atoms with van der Waals surface area (Å²) in [7, 11) is 0. The molecule has 4 aromatic rings. The first kappa shape index (κ1) is 21.5. The molecule has 1 unspecified atom stereocenters. The number of benzene rings is 1. The molecule has 3 aromatic heterocycles. The van der Waals surface area contributed by atoms with Crippen molar-refractivity contribution >= 4 is 27.5 Å². The molecule has 0 saturated heterocycles. The first-order chi connectivity index (χ1) is 16.0. The molecule has 0 aliphatic heterocycles. The number of hydrogen-bond acceptors (Lipinski definition) is 6. The molecule has 6 nitrogen and oxygen atoms in total. The highest BCUT2D eigenvalue weighted by atomic mass is 32.1. The van der Waals surface area contributed by atoms with E-state index in [2.05, 4.69) is 10.3 Å². The SMILES string of the molecule is Cc1nc(C2CC2)nc2sc(C(=O)NC(C)c3cccc(OCc4ccccn4)c3)c(C)c12. The minimum atomic E-state index is -0.172. The van der Waals surface area contributed by atoms with Crippen LogP contribution in [0.25, 0.3) is 10.2 Å². The van der Waals surface area contributed by atoms with E-state index in [0.29, 0.717) is 17.4 Å². The van der Waals surface area contributed by atoms with Gasteiger partial charge >= 0.3 is 0 Å². The number of nitrogens with zero attached hydrogens (tertiary/aromatic N) is 3. The van der Waals surface area contributed by atoms with Gasteiger partial charge in [-0.05, 0) is 69.0 Å². The van der Waals surface area contributed by atoms with Crippen molar-refractivity contribution in [2.45, 2.75) is 52.2 Å². The fraction of sp³-hybridized carbons (Fsp3) is 0.308. The summed E-state index contributed by atoms with van der Waals surface area (Å²) >= 11 is 1.46. The molecule has 1 N–H and O–H groups in total. The summed E-state index contributed by atoms with van der Waals surface area (Å²) in [6, 6.07) is 13.4. The van der Waals surface area contributed by atoms with Crippen LogP contribution in [0.2, 0.25) is 0 Å². The number of rotatable bonds is 7. The minimum Gasteiger partial charge on any atom is -0.487 e. The number of carbonyl (C=O) groups excluding carboxylic acids is 1. The third-order valence-electron chi connectivity index (χ3n) is 5.96. The maximum atomic E-state index is 13.2. The molecule has 168 valence electrons. The van der Waals surface area contributed by atoms with Gasteiger partial charge in [-0.15, -0.1) is 11.3 Å². The van der Waals surface area contributed by atoms with Crippen molar-refractivity contribution in [1.82, 2.24) is 20.3 Å². The summed E-state index contributed by atoms with van der Waals surface area (Å²) in [4.78, 5) is 28.5. The molecule has 1 amide bonds. The second-order valence-electron chi connectivity index (χ2n) is 8.56. The Labute approximate surface area is 197 Å². The molecule has 1 aliphatic rings. The highest BCUT2D eigenvalue weighted by Crippen LogP contribution is 2.40. The second-order valence-corrected chi connectivity index (χ2v) is 9.55. The first-order valence-corrected chi connectivity index (χ1v) is 12.0. The molecule has 0 bridgehead atoms. The van der Waals surface area contributed by atoms with E-state index in [1.807, 2.05) is 63.2 Å². The van der Waals surface area contributed by atoms with Crippen LogP contribution in [0, 0.1) is 13.8 Å². The Balaban J connectivity index is 1.31. The molecule has 1 fully saturated rings. The van der Waals surface area contributed by atoms with E-state index in [4.69, 9.17) is 14.7 Å². The molecule has 7 heteroatoms. The smallest absolute Gasteiger partial charge is 0.262 e. The van der Waals surface area contributed by atoms with E-state index in [1.54, 1.807) is 6.20 Å². The van der Waals surface area contributed by atoms with Crippen LogP contribution in [0.1, 0.15) is 69.7 Å². The summed E-state index contributed by atoms with van der Waals surface area (Å²) in [5.41, 5.74) is 3.76. The van der Waals surface area contributed by atoms with Crippen LogP contribution in [-0.4, -0.2) is 20.9 Å². The highest BCUT2D eigenvalue weighted by molar-refractivity contribution is 7.20. The number of pyridine rings is 1.